The van der Waals surface area contributed by atoms with Crippen molar-refractivity contribution in [3.63, 3.8) is 0 Å². The Kier molecular flexibility index (Phi) is 4.00. The number of rotatable bonds is 1. The zero-order valence-electron chi connectivity index (χ0n) is 22.0. The van der Waals surface area contributed by atoms with E-state index >= 15 is 0 Å². The van der Waals surface area contributed by atoms with Crippen LogP contribution in [0.1, 0.15) is 126 Å². The summed E-state index contributed by atoms with van der Waals surface area (Å²) < 4.78 is 6.85. The van der Waals surface area contributed by atoms with Crippen molar-refractivity contribution in [2.24, 2.45) is 50.7 Å². The normalized spacial score (nSPS) is 61.6. The minimum absolute atomic E-state index is 0.233. The molecule has 1 heterocycles. The molecule has 176 valence electrons. The third-order valence-electron chi connectivity index (χ3n) is 14.4. The Morgan fingerprint density at radius 3 is 1.90 bits per heavy atom. The fourth-order valence-corrected chi connectivity index (χ4v) is 12.6. The van der Waals surface area contributed by atoms with Crippen molar-refractivity contribution in [2.45, 2.75) is 137 Å². The number of epoxide rings is 1. The molecule has 6 fully saturated rings. The Morgan fingerprint density at radius 1 is 0.645 bits per heavy atom. The monoisotopic (exact) mass is 426 g/mol. The van der Waals surface area contributed by atoms with Gasteiger partial charge in [0.2, 0.25) is 0 Å². The summed E-state index contributed by atoms with van der Waals surface area (Å²) in [6, 6.07) is 0. The van der Waals surface area contributed by atoms with Crippen LogP contribution < -0.4 is 0 Å². The summed E-state index contributed by atoms with van der Waals surface area (Å²) in [5.74, 6) is 3.33. The molecule has 1 saturated heterocycles. The zero-order chi connectivity index (χ0) is 22.3. The van der Waals surface area contributed by atoms with Gasteiger partial charge in [0.1, 0.15) is 11.2 Å². The van der Waals surface area contributed by atoms with Crippen LogP contribution >= 0.6 is 0 Å². The first kappa shape index (κ1) is 21.5. The highest BCUT2D eigenvalue weighted by Crippen LogP contribution is 2.83. The van der Waals surface area contributed by atoms with E-state index in [1.54, 1.807) is 0 Å². The van der Waals surface area contributed by atoms with E-state index in [1.165, 1.54) is 70.6 Å². The topological polar surface area (TPSA) is 12.5 Å². The van der Waals surface area contributed by atoms with Crippen molar-refractivity contribution in [1.82, 2.24) is 0 Å². The molecule has 6 rings (SSSR count). The molecule has 1 nitrogen and oxygen atoms in total. The van der Waals surface area contributed by atoms with Crippen molar-refractivity contribution in [3.05, 3.63) is 0 Å². The first-order valence-corrected chi connectivity index (χ1v) is 14.0. The Labute approximate surface area is 192 Å². The molecule has 0 aromatic heterocycles. The van der Waals surface area contributed by atoms with Crippen LogP contribution in [0, 0.1) is 50.7 Å². The second kappa shape index (κ2) is 5.78. The first-order chi connectivity index (χ1) is 14.3. The molecule has 5 aliphatic carbocycles. The van der Waals surface area contributed by atoms with E-state index in [2.05, 4.69) is 55.4 Å². The average Bonchev–Trinajstić information content (AvgIpc) is 3.21. The maximum atomic E-state index is 6.85. The first-order valence-electron chi connectivity index (χ1n) is 14.0. The fourth-order valence-electron chi connectivity index (χ4n) is 12.6. The molecule has 0 aromatic carbocycles. The molecule has 31 heavy (non-hydrogen) atoms. The molecule has 5 saturated carbocycles. The Balaban J connectivity index is 1.41. The smallest absolute Gasteiger partial charge is 0.102 e. The number of fused-ring (bicyclic) bond motifs is 6. The molecule has 9 unspecified atom stereocenters. The number of hydrogen-bond donors (Lipinski definition) is 0. The Hall–Kier alpha value is -0.0400. The fraction of sp³-hybridized carbons (Fsp3) is 1.00. The lowest BCUT2D eigenvalue weighted by molar-refractivity contribution is -0.261. The third kappa shape index (κ3) is 2.09. The number of ether oxygens (including phenoxy) is 1. The van der Waals surface area contributed by atoms with E-state index in [1.807, 2.05) is 0 Å². The van der Waals surface area contributed by atoms with Crippen molar-refractivity contribution < 1.29 is 4.74 Å². The molecule has 6 aliphatic rings. The third-order valence-corrected chi connectivity index (χ3v) is 14.4. The minimum atomic E-state index is 0.233. The van der Waals surface area contributed by atoms with Crippen molar-refractivity contribution in [1.29, 1.82) is 0 Å². The van der Waals surface area contributed by atoms with E-state index in [0.29, 0.717) is 33.0 Å². The standard InChI is InChI=1S/C30H50O/c1-20(2)29-17-12-23-27(7)16-11-22-25(5)14-9-13-24(3,4)21(25)10-15-26(22,6)28(27,8)18-19-30(23,29)31-29/h20-23H,9-19H2,1-8H3. The molecule has 0 amide bonds. The van der Waals surface area contributed by atoms with Gasteiger partial charge in [-0.3, -0.25) is 0 Å². The molecule has 9 atom stereocenters. The van der Waals surface area contributed by atoms with Crippen LogP contribution in [0.15, 0.2) is 0 Å². The summed E-state index contributed by atoms with van der Waals surface area (Å²) in [6.07, 6.45) is 15.8. The van der Waals surface area contributed by atoms with Gasteiger partial charge in [0.15, 0.2) is 0 Å². The molecule has 0 radical (unpaired) electrons. The van der Waals surface area contributed by atoms with Crippen LogP contribution in [0.3, 0.4) is 0 Å². The van der Waals surface area contributed by atoms with E-state index < -0.39 is 0 Å². The average molecular weight is 427 g/mol. The largest absolute Gasteiger partial charge is 0.362 e. The van der Waals surface area contributed by atoms with E-state index in [0.717, 1.165) is 17.8 Å². The van der Waals surface area contributed by atoms with Gasteiger partial charge in [-0.05, 0) is 115 Å². The predicted octanol–water partition coefficient (Wildman–Crippen LogP) is 8.41. The van der Waals surface area contributed by atoms with Gasteiger partial charge >= 0.3 is 0 Å². The highest BCUT2D eigenvalue weighted by Gasteiger charge is 2.84. The number of hydrogen-bond acceptors (Lipinski definition) is 1. The molecule has 1 heteroatoms. The summed E-state index contributed by atoms with van der Waals surface area (Å²) in [5.41, 5.74) is 2.99. The molecular formula is C30H50O. The van der Waals surface area contributed by atoms with Gasteiger partial charge in [-0.15, -0.1) is 0 Å². The van der Waals surface area contributed by atoms with Crippen molar-refractivity contribution >= 4 is 0 Å². The molecular weight excluding hydrogens is 376 g/mol. The lowest BCUT2D eigenvalue weighted by Crippen LogP contribution is -2.68. The van der Waals surface area contributed by atoms with E-state index in [4.69, 9.17) is 4.74 Å². The summed E-state index contributed by atoms with van der Waals surface area (Å²) in [4.78, 5) is 0. The van der Waals surface area contributed by atoms with Gasteiger partial charge in [0.25, 0.3) is 0 Å². The van der Waals surface area contributed by atoms with Gasteiger partial charge in [0, 0.05) is 0 Å². The summed E-state index contributed by atoms with van der Waals surface area (Å²) in [6.45, 7) is 21.1. The highest BCUT2D eigenvalue weighted by atomic mass is 16.6. The van der Waals surface area contributed by atoms with Crippen LogP contribution in [0.5, 0.6) is 0 Å². The van der Waals surface area contributed by atoms with Crippen LogP contribution in [0.4, 0.5) is 0 Å². The van der Waals surface area contributed by atoms with Crippen LogP contribution in [-0.2, 0) is 4.74 Å². The van der Waals surface area contributed by atoms with Gasteiger partial charge in [-0.25, -0.2) is 0 Å². The van der Waals surface area contributed by atoms with Gasteiger partial charge < -0.3 is 4.74 Å². The zero-order valence-corrected chi connectivity index (χ0v) is 22.0. The lowest BCUT2D eigenvalue weighted by atomic mass is 9.30. The van der Waals surface area contributed by atoms with Gasteiger partial charge in [-0.2, -0.15) is 0 Å². The van der Waals surface area contributed by atoms with Crippen LogP contribution in [-0.4, -0.2) is 11.2 Å². The minimum Gasteiger partial charge on any atom is -0.362 e. The molecule has 0 aromatic rings. The summed E-state index contributed by atoms with van der Waals surface area (Å²) in [5, 5.41) is 0. The lowest BCUT2D eigenvalue weighted by Gasteiger charge is -2.74. The molecule has 1 spiro atoms. The second-order valence-corrected chi connectivity index (χ2v) is 15.3. The van der Waals surface area contributed by atoms with E-state index in [-0.39, 0.29) is 11.2 Å². The summed E-state index contributed by atoms with van der Waals surface area (Å²) >= 11 is 0. The summed E-state index contributed by atoms with van der Waals surface area (Å²) in [7, 11) is 0. The maximum Gasteiger partial charge on any atom is 0.102 e. The van der Waals surface area contributed by atoms with Crippen LogP contribution in [0.2, 0.25) is 0 Å². The van der Waals surface area contributed by atoms with Gasteiger partial charge in [-0.1, -0.05) is 61.8 Å². The van der Waals surface area contributed by atoms with Crippen LogP contribution in [0.25, 0.3) is 0 Å². The van der Waals surface area contributed by atoms with Crippen molar-refractivity contribution in [2.75, 3.05) is 0 Å². The molecule has 0 bridgehead atoms. The SMILES string of the molecule is CC(C)C12CCC3C4(C)CCC5C6(C)CCCC(C)(C)C6CCC5(C)C4(C)CCC31O2. The molecule has 0 N–H and O–H groups in total. The highest BCUT2D eigenvalue weighted by molar-refractivity contribution is 5.32. The second-order valence-electron chi connectivity index (χ2n) is 15.3. The Morgan fingerprint density at radius 2 is 1.26 bits per heavy atom. The van der Waals surface area contributed by atoms with Gasteiger partial charge in [0.05, 0.1) is 0 Å². The predicted molar refractivity (Wildman–Crippen MR) is 129 cm³/mol. The maximum absolute atomic E-state index is 6.85. The van der Waals surface area contributed by atoms with Crippen molar-refractivity contribution in [3.8, 4) is 0 Å². The van der Waals surface area contributed by atoms with E-state index in [9.17, 15) is 0 Å². The quantitative estimate of drug-likeness (QED) is 0.383. The molecule has 1 aliphatic heterocycles. The Bertz CT molecular complexity index is 798.